The van der Waals surface area contributed by atoms with E-state index in [1.807, 2.05) is 24.3 Å². The summed E-state index contributed by atoms with van der Waals surface area (Å²) in [6.07, 6.45) is 0. The minimum Gasteiger partial charge on any atom is -0.378 e. The van der Waals surface area contributed by atoms with Gasteiger partial charge in [-0.25, -0.2) is 4.98 Å². The van der Waals surface area contributed by atoms with Crippen molar-refractivity contribution < 1.29 is 0 Å². The monoisotopic (exact) mass is 279 g/mol. The molecular formula is C17H17N3O. The molecule has 3 rings (SSSR count). The van der Waals surface area contributed by atoms with Gasteiger partial charge >= 0.3 is 0 Å². The molecule has 0 bridgehead atoms. The van der Waals surface area contributed by atoms with E-state index in [4.69, 9.17) is 0 Å². The molecule has 0 radical (unpaired) electrons. The van der Waals surface area contributed by atoms with Crippen LogP contribution < -0.4 is 10.9 Å². The molecule has 0 atom stereocenters. The SMILES string of the molecule is Cc1ccc(NCc2nc3ccccc3c(=O)[nH]2)cc1C. The van der Waals surface area contributed by atoms with Gasteiger partial charge in [0.05, 0.1) is 17.4 Å². The van der Waals surface area contributed by atoms with Crippen molar-refractivity contribution in [2.24, 2.45) is 0 Å². The molecule has 0 fully saturated rings. The van der Waals surface area contributed by atoms with E-state index >= 15 is 0 Å². The fourth-order valence-corrected chi connectivity index (χ4v) is 2.26. The topological polar surface area (TPSA) is 57.8 Å². The molecule has 4 heteroatoms. The molecule has 0 amide bonds. The van der Waals surface area contributed by atoms with Crippen molar-refractivity contribution in [1.82, 2.24) is 9.97 Å². The van der Waals surface area contributed by atoms with Crippen LogP contribution in [0, 0.1) is 13.8 Å². The van der Waals surface area contributed by atoms with Gasteiger partial charge in [-0.3, -0.25) is 4.79 Å². The Labute approximate surface area is 122 Å². The van der Waals surface area contributed by atoms with Crippen molar-refractivity contribution in [3.8, 4) is 0 Å². The van der Waals surface area contributed by atoms with Crippen LogP contribution in [0.5, 0.6) is 0 Å². The number of benzene rings is 2. The molecule has 106 valence electrons. The molecule has 3 aromatic rings. The van der Waals surface area contributed by atoms with Crippen molar-refractivity contribution >= 4 is 16.6 Å². The second-order valence-electron chi connectivity index (χ2n) is 5.18. The van der Waals surface area contributed by atoms with Crippen molar-refractivity contribution in [1.29, 1.82) is 0 Å². The highest BCUT2D eigenvalue weighted by Gasteiger charge is 2.03. The number of aryl methyl sites for hydroxylation is 2. The Morgan fingerprint density at radius 2 is 1.90 bits per heavy atom. The first-order chi connectivity index (χ1) is 10.1. The number of para-hydroxylation sites is 1. The molecule has 0 unspecified atom stereocenters. The smallest absolute Gasteiger partial charge is 0.258 e. The summed E-state index contributed by atoms with van der Waals surface area (Å²) in [5.74, 6) is 0.636. The molecule has 4 nitrogen and oxygen atoms in total. The minimum atomic E-state index is -0.0995. The fourth-order valence-electron chi connectivity index (χ4n) is 2.26. The zero-order valence-electron chi connectivity index (χ0n) is 12.1. The quantitative estimate of drug-likeness (QED) is 0.774. The lowest BCUT2D eigenvalue weighted by Gasteiger charge is -2.08. The van der Waals surface area contributed by atoms with Crippen LogP contribution in [-0.4, -0.2) is 9.97 Å². The number of fused-ring (bicyclic) bond motifs is 1. The lowest BCUT2D eigenvalue weighted by atomic mass is 10.1. The molecule has 0 saturated heterocycles. The number of H-pyrrole nitrogens is 1. The van der Waals surface area contributed by atoms with Gasteiger partial charge in [-0.15, -0.1) is 0 Å². The van der Waals surface area contributed by atoms with Crippen LogP contribution in [-0.2, 0) is 6.54 Å². The average molecular weight is 279 g/mol. The van der Waals surface area contributed by atoms with Gasteiger partial charge in [0.2, 0.25) is 0 Å². The van der Waals surface area contributed by atoms with Crippen LogP contribution in [0.1, 0.15) is 17.0 Å². The number of nitrogens with zero attached hydrogens (tertiary/aromatic N) is 1. The van der Waals surface area contributed by atoms with Crippen molar-refractivity contribution in [2.75, 3.05) is 5.32 Å². The number of aromatic nitrogens is 2. The highest BCUT2D eigenvalue weighted by molar-refractivity contribution is 5.77. The summed E-state index contributed by atoms with van der Waals surface area (Å²) in [5.41, 5.74) is 4.14. The minimum absolute atomic E-state index is 0.0995. The maximum atomic E-state index is 12.0. The number of hydrogen-bond donors (Lipinski definition) is 2. The van der Waals surface area contributed by atoms with E-state index in [9.17, 15) is 4.79 Å². The summed E-state index contributed by atoms with van der Waals surface area (Å²) < 4.78 is 0. The van der Waals surface area contributed by atoms with Gasteiger partial charge in [-0.05, 0) is 49.2 Å². The number of nitrogens with one attached hydrogen (secondary N) is 2. The van der Waals surface area contributed by atoms with Crippen LogP contribution in [0.4, 0.5) is 5.69 Å². The van der Waals surface area contributed by atoms with E-state index in [0.29, 0.717) is 17.8 Å². The van der Waals surface area contributed by atoms with Gasteiger partial charge in [0.25, 0.3) is 5.56 Å². The highest BCUT2D eigenvalue weighted by Crippen LogP contribution is 2.14. The van der Waals surface area contributed by atoms with Gasteiger partial charge < -0.3 is 10.3 Å². The standard InChI is InChI=1S/C17H17N3O/c1-11-7-8-13(9-12(11)2)18-10-16-19-15-6-4-3-5-14(15)17(21)20-16/h3-9,18H,10H2,1-2H3,(H,19,20,21). The van der Waals surface area contributed by atoms with E-state index in [-0.39, 0.29) is 5.56 Å². The van der Waals surface area contributed by atoms with Crippen LogP contribution in [0.2, 0.25) is 0 Å². The van der Waals surface area contributed by atoms with E-state index in [0.717, 1.165) is 11.2 Å². The third-order valence-corrected chi connectivity index (χ3v) is 3.63. The summed E-state index contributed by atoms with van der Waals surface area (Å²) in [6, 6.07) is 13.6. The van der Waals surface area contributed by atoms with Crippen LogP contribution in [0.3, 0.4) is 0 Å². The number of anilines is 1. The first kappa shape index (κ1) is 13.4. The summed E-state index contributed by atoms with van der Waals surface area (Å²) >= 11 is 0. The Kier molecular flexibility index (Phi) is 3.44. The Morgan fingerprint density at radius 3 is 2.71 bits per heavy atom. The second-order valence-corrected chi connectivity index (χ2v) is 5.18. The normalized spacial score (nSPS) is 10.8. The Morgan fingerprint density at radius 1 is 1.10 bits per heavy atom. The summed E-state index contributed by atoms with van der Waals surface area (Å²) in [4.78, 5) is 19.3. The predicted octanol–water partition coefficient (Wildman–Crippen LogP) is 3.15. The van der Waals surface area contributed by atoms with E-state index in [2.05, 4.69) is 41.3 Å². The van der Waals surface area contributed by atoms with E-state index in [1.54, 1.807) is 6.07 Å². The van der Waals surface area contributed by atoms with Crippen molar-refractivity contribution in [2.45, 2.75) is 20.4 Å². The van der Waals surface area contributed by atoms with Crippen LogP contribution in [0.25, 0.3) is 10.9 Å². The van der Waals surface area contributed by atoms with E-state index in [1.165, 1.54) is 11.1 Å². The Bertz CT molecular complexity index is 852. The molecule has 0 aliphatic carbocycles. The molecule has 0 saturated carbocycles. The predicted molar refractivity (Wildman–Crippen MR) is 85.6 cm³/mol. The molecule has 2 N–H and O–H groups in total. The first-order valence-corrected chi connectivity index (χ1v) is 6.92. The summed E-state index contributed by atoms with van der Waals surface area (Å²) in [5, 5.41) is 3.91. The molecule has 2 aromatic carbocycles. The second kappa shape index (κ2) is 5.40. The molecule has 0 aliphatic heterocycles. The molecule has 1 heterocycles. The largest absolute Gasteiger partial charge is 0.378 e. The van der Waals surface area contributed by atoms with Gasteiger partial charge in [0.15, 0.2) is 0 Å². The highest BCUT2D eigenvalue weighted by atomic mass is 16.1. The summed E-state index contributed by atoms with van der Waals surface area (Å²) in [6.45, 7) is 4.65. The van der Waals surface area contributed by atoms with Gasteiger partial charge in [-0.1, -0.05) is 18.2 Å². The number of hydrogen-bond acceptors (Lipinski definition) is 3. The molecule has 21 heavy (non-hydrogen) atoms. The van der Waals surface area contributed by atoms with Crippen molar-refractivity contribution in [3.63, 3.8) is 0 Å². The summed E-state index contributed by atoms with van der Waals surface area (Å²) in [7, 11) is 0. The zero-order chi connectivity index (χ0) is 14.8. The zero-order valence-corrected chi connectivity index (χ0v) is 12.1. The maximum Gasteiger partial charge on any atom is 0.258 e. The lowest BCUT2D eigenvalue weighted by Crippen LogP contribution is -2.14. The maximum absolute atomic E-state index is 12.0. The number of aromatic amines is 1. The first-order valence-electron chi connectivity index (χ1n) is 6.92. The molecular weight excluding hydrogens is 262 g/mol. The van der Waals surface area contributed by atoms with Crippen LogP contribution >= 0.6 is 0 Å². The van der Waals surface area contributed by atoms with Gasteiger partial charge in [0, 0.05) is 5.69 Å². The van der Waals surface area contributed by atoms with Gasteiger partial charge in [-0.2, -0.15) is 0 Å². The fraction of sp³-hybridized carbons (Fsp3) is 0.176. The average Bonchev–Trinajstić information content (AvgIpc) is 2.49. The molecule has 1 aromatic heterocycles. The van der Waals surface area contributed by atoms with E-state index < -0.39 is 0 Å². The van der Waals surface area contributed by atoms with Gasteiger partial charge in [0.1, 0.15) is 5.82 Å². The Hall–Kier alpha value is -2.62. The third-order valence-electron chi connectivity index (χ3n) is 3.63. The van der Waals surface area contributed by atoms with Crippen molar-refractivity contribution in [3.05, 3.63) is 69.8 Å². The number of rotatable bonds is 3. The molecule has 0 spiro atoms. The Balaban J connectivity index is 1.85. The third kappa shape index (κ3) is 2.79. The lowest BCUT2D eigenvalue weighted by molar-refractivity contribution is 0.953. The van der Waals surface area contributed by atoms with Crippen LogP contribution in [0.15, 0.2) is 47.3 Å². The molecule has 0 aliphatic rings.